The van der Waals surface area contributed by atoms with Crippen LogP contribution in [0.1, 0.15) is 37.2 Å². The van der Waals surface area contributed by atoms with Crippen molar-refractivity contribution in [1.82, 2.24) is 4.31 Å². The molecule has 0 unspecified atom stereocenters. The van der Waals surface area contributed by atoms with Gasteiger partial charge in [-0.3, -0.25) is 0 Å². The van der Waals surface area contributed by atoms with E-state index in [1.807, 2.05) is 12.1 Å². The van der Waals surface area contributed by atoms with Crippen molar-refractivity contribution < 1.29 is 17.9 Å². The molecular formula is C16H23NO4S. The molecule has 1 saturated heterocycles. The second-order valence-electron chi connectivity index (χ2n) is 6.24. The summed E-state index contributed by atoms with van der Waals surface area (Å²) in [6.07, 6.45) is 3.85. The molecular weight excluding hydrogens is 302 g/mol. The van der Waals surface area contributed by atoms with E-state index in [2.05, 4.69) is 0 Å². The van der Waals surface area contributed by atoms with Crippen molar-refractivity contribution >= 4 is 10.0 Å². The normalized spacial score (nSPS) is 22.5. The molecule has 5 nitrogen and oxygen atoms in total. The zero-order valence-electron chi connectivity index (χ0n) is 13.1. The maximum Gasteiger partial charge on any atom is 0.242 e. The zero-order valence-corrected chi connectivity index (χ0v) is 13.9. The Morgan fingerprint density at radius 1 is 1.05 bits per heavy atom. The second kappa shape index (κ2) is 5.92. The highest BCUT2D eigenvalue weighted by Crippen LogP contribution is 2.42. The summed E-state index contributed by atoms with van der Waals surface area (Å²) in [4.78, 5) is 0.344. The summed E-state index contributed by atoms with van der Waals surface area (Å²) < 4.78 is 36.9. The standard InChI is InChI=1S/C16H23NO4S/c1-17(2)22(18,19)15-5-3-13(4-6-15)14-7-9-16(10-8-14)20-11-12-21-16/h3-6,14H,7-12H2,1-2H3. The minimum absolute atomic E-state index is 0.343. The lowest BCUT2D eigenvalue weighted by Gasteiger charge is -2.35. The molecule has 2 aliphatic rings. The Morgan fingerprint density at radius 2 is 1.59 bits per heavy atom. The lowest BCUT2D eigenvalue weighted by Crippen LogP contribution is -2.34. The maximum absolute atomic E-state index is 12.1. The Morgan fingerprint density at radius 3 is 2.09 bits per heavy atom. The molecule has 1 spiro atoms. The Balaban J connectivity index is 1.69. The van der Waals surface area contributed by atoms with Crippen molar-refractivity contribution in [3.05, 3.63) is 29.8 Å². The Bertz CT molecular complexity index is 608. The number of nitrogens with zero attached hydrogens (tertiary/aromatic N) is 1. The predicted molar refractivity (Wildman–Crippen MR) is 83.2 cm³/mol. The lowest BCUT2D eigenvalue weighted by molar-refractivity contribution is -0.178. The molecule has 2 fully saturated rings. The topological polar surface area (TPSA) is 55.8 Å². The molecule has 1 aromatic carbocycles. The Kier molecular flexibility index (Phi) is 4.29. The van der Waals surface area contributed by atoms with Crippen LogP contribution in [0.2, 0.25) is 0 Å². The molecule has 1 heterocycles. The fourth-order valence-corrected chi connectivity index (χ4v) is 4.20. The summed E-state index contributed by atoms with van der Waals surface area (Å²) in [7, 11) is -0.255. The fraction of sp³-hybridized carbons (Fsp3) is 0.625. The van der Waals surface area contributed by atoms with Crippen molar-refractivity contribution in [3.8, 4) is 0 Å². The fourth-order valence-electron chi connectivity index (χ4n) is 3.30. The number of sulfonamides is 1. The van der Waals surface area contributed by atoms with Crippen LogP contribution in [-0.2, 0) is 19.5 Å². The third kappa shape index (κ3) is 2.93. The van der Waals surface area contributed by atoms with Crippen LogP contribution in [-0.4, -0.2) is 45.8 Å². The van der Waals surface area contributed by atoms with E-state index in [1.165, 1.54) is 9.87 Å². The SMILES string of the molecule is CN(C)S(=O)(=O)c1ccc(C2CCC3(CC2)OCCO3)cc1. The van der Waals surface area contributed by atoms with Gasteiger partial charge in [0.05, 0.1) is 18.1 Å². The number of hydrogen-bond donors (Lipinski definition) is 0. The highest BCUT2D eigenvalue weighted by Gasteiger charge is 2.40. The van der Waals surface area contributed by atoms with Crippen molar-refractivity contribution in [2.24, 2.45) is 0 Å². The van der Waals surface area contributed by atoms with Crippen LogP contribution in [0.4, 0.5) is 0 Å². The van der Waals surface area contributed by atoms with Crippen molar-refractivity contribution in [1.29, 1.82) is 0 Å². The van der Waals surface area contributed by atoms with Gasteiger partial charge in [0.2, 0.25) is 10.0 Å². The molecule has 6 heteroatoms. The van der Waals surface area contributed by atoms with E-state index in [0.717, 1.165) is 25.7 Å². The molecule has 0 bridgehead atoms. The molecule has 122 valence electrons. The zero-order chi connectivity index (χ0) is 15.8. The van der Waals surface area contributed by atoms with Crippen molar-refractivity contribution in [2.75, 3.05) is 27.3 Å². The van der Waals surface area contributed by atoms with E-state index >= 15 is 0 Å². The van der Waals surface area contributed by atoms with Gasteiger partial charge < -0.3 is 9.47 Å². The van der Waals surface area contributed by atoms with Gasteiger partial charge in [-0.15, -0.1) is 0 Å². The third-order valence-electron chi connectivity index (χ3n) is 4.69. The highest BCUT2D eigenvalue weighted by atomic mass is 32.2. The van der Waals surface area contributed by atoms with Crippen LogP contribution in [0.15, 0.2) is 29.2 Å². The summed E-state index contributed by atoms with van der Waals surface area (Å²) in [6.45, 7) is 1.39. The third-order valence-corrected chi connectivity index (χ3v) is 6.52. The summed E-state index contributed by atoms with van der Waals surface area (Å²) in [5.41, 5.74) is 1.20. The molecule has 1 aromatic rings. The molecule has 22 heavy (non-hydrogen) atoms. The average molecular weight is 325 g/mol. The summed E-state index contributed by atoms with van der Waals surface area (Å²) in [5.74, 6) is 0.111. The summed E-state index contributed by atoms with van der Waals surface area (Å²) in [5, 5.41) is 0. The van der Waals surface area contributed by atoms with E-state index in [0.29, 0.717) is 24.0 Å². The molecule has 3 rings (SSSR count). The van der Waals surface area contributed by atoms with E-state index in [1.54, 1.807) is 26.2 Å². The van der Waals surface area contributed by atoms with Crippen LogP contribution < -0.4 is 0 Å². The monoisotopic (exact) mass is 325 g/mol. The molecule has 1 aliphatic heterocycles. The van der Waals surface area contributed by atoms with Crippen LogP contribution >= 0.6 is 0 Å². The van der Waals surface area contributed by atoms with Crippen LogP contribution in [0.25, 0.3) is 0 Å². The molecule has 0 atom stereocenters. The van der Waals surface area contributed by atoms with E-state index in [4.69, 9.17) is 9.47 Å². The van der Waals surface area contributed by atoms with Crippen LogP contribution in [0.5, 0.6) is 0 Å². The number of benzene rings is 1. The van der Waals surface area contributed by atoms with Gasteiger partial charge in [-0.2, -0.15) is 0 Å². The number of ether oxygens (including phenoxy) is 2. The van der Waals surface area contributed by atoms with Gasteiger partial charge >= 0.3 is 0 Å². The second-order valence-corrected chi connectivity index (χ2v) is 8.39. The van der Waals surface area contributed by atoms with Gasteiger partial charge in [-0.05, 0) is 36.5 Å². The first-order valence-corrected chi connectivity index (χ1v) is 9.17. The summed E-state index contributed by atoms with van der Waals surface area (Å²) >= 11 is 0. The molecule has 0 N–H and O–H groups in total. The largest absolute Gasteiger partial charge is 0.348 e. The van der Waals surface area contributed by atoms with Gasteiger partial charge in [-0.25, -0.2) is 12.7 Å². The van der Waals surface area contributed by atoms with Gasteiger partial charge in [0, 0.05) is 26.9 Å². The van der Waals surface area contributed by atoms with Gasteiger partial charge in [0.15, 0.2) is 5.79 Å². The van der Waals surface area contributed by atoms with Crippen LogP contribution in [0, 0.1) is 0 Å². The smallest absolute Gasteiger partial charge is 0.242 e. The van der Waals surface area contributed by atoms with Gasteiger partial charge in [-0.1, -0.05) is 12.1 Å². The lowest BCUT2D eigenvalue weighted by atomic mass is 9.81. The minimum Gasteiger partial charge on any atom is -0.348 e. The van der Waals surface area contributed by atoms with E-state index in [-0.39, 0.29) is 5.79 Å². The first kappa shape index (κ1) is 15.9. The van der Waals surface area contributed by atoms with Crippen LogP contribution in [0.3, 0.4) is 0 Å². The first-order valence-electron chi connectivity index (χ1n) is 7.73. The Hall–Kier alpha value is -0.950. The Labute approximate surface area is 132 Å². The average Bonchev–Trinajstić information content (AvgIpc) is 2.96. The van der Waals surface area contributed by atoms with Crippen molar-refractivity contribution in [3.63, 3.8) is 0 Å². The predicted octanol–water partition coefficient (Wildman–Crippen LogP) is 2.34. The number of rotatable bonds is 3. The van der Waals surface area contributed by atoms with Gasteiger partial charge in [0.25, 0.3) is 0 Å². The molecule has 0 amide bonds. The maximum atomic E-state index is 12.1. The van der Waals surface area contributed by atoms with Gasteiger partial charge in [0.1, 0.15) is 0 Å². The highest BCUT2D eigenvalue weighted by molar-refractivity contribution is 7.89. The molecule has 1 saturated carbocycles. The number of hydrogen-bond acceptors (Lipinski definition) is 4. The molecule has 0 radical (unpaired) electrons. The molecule has 0 aromatic heterocycles. The summed E-state index contributed by atoms with van der Waals surface area (Å²) in [6, 6.07) is 7.29. The molecule has 1 aliphatic carbocycles. The van der Waals surface area contributed by atoms with Crippen molar-refractivity contribution in [2.45, 2.75) is 42.3 Å². The minimum atomic E-state index is -3.35. The quantitative estimate of drug-likeness (QED) is 0.856. The van der Waals surface area contributed by atoms with E-state index < -0.39 is 10.0 Å². The van der Waals surface area contributed by atoms with E-state index in [9.17, 15) is 8.42 Å². The first-order chi connectivity index (χ1) is 10.4.